The van der Waals surface area contributed by atoms with Crippen molar-refractivity contribution in [1.82, 2.24) is 0 Å². The summed E-state index contributed by atoms with van der Waals surface area (Å²) in [4.78, 5) is 0. The molecule has 0 radical (unpaired) electrons. The molecule has 3 N–H and O–H groups in total. The standard InChI is InChI=1S/C8H10O7S/c1-14-5-2-3-6(7(9)4-5)8(10)15-16(11,12)13/h2-4,8-10H,1H3,(H,11,12,13). The Hall–Kier alpha value is -1.35. The minimum Gasteiger partial charge on any atom is -0.507 e. The molecule has 1 unspecified atom stereocenters. The molecular weight excluding hydrogens is 240 g/mol. The van der Waals surface area contributed by atoms with E-state index in [1.807, 2.05) is 0 Å². The third kappa shape index (κ3) is 3.35. The molecule has 0 bridgehead atoms. The van der Waals surface area contributed by atoms with Crippen LogP contribution in [0.1, 0.15) is 11.9 Å². The fourth-order valence-corrected chi connectivity index (χ4v) is 1.36. The Morgan fingerprint density at radius 2 is 2.00 bits per heavy atom. The molecule has 0 aliphatic rings. The maximum Gasteiger partial charge on any atom is 0.400 e. The molecular formula is C8H10O7S. The molecule has 1 aromatic carbocycles. The van der Waals surface area contributed by atoms with Crippen molar-refractivity contribution in [3.8, 4) is 11.5 Å². The second kappa shape index (κ2) is 4.66. The Bertz CT molecular complexity index is 467. The van der Waals surface area contributed by atoms with Gasteiger partial charge in [-0.05, 0) is 12.1 Å². The van der Waals surface area contributed by atoms with E-state index in [0.29, 0.717) is 5.75 Å². The van der Waals surface area contributed by atoms with Gasteiger partial charge in [-0.3, -0.25) is 4.55 Å². The number of ether oxygens (including phenoxy) is 1. The quantitative estimate of drug-likeness (QED) is 0.517. The summed E-state index contributed by atoms with van der Waals surface area (Å²) in [5, 5.41) is 18.6. The Labute approximate surface area is 91.8 Å². The average molecular weight is 250 g/mol. The van der Waals surface area contributed by atoms with Gasteiger partial charge in [-0.2, -0.15) is 8.42 Å². The molecule has 0 amide bonds. The summed E-state index contributed by atoms with van der Waals surface area (Å²) in [5.74, 6) is -0.101. The Morgan fingerprint density at radius 1 is 1.38 bits per heavy atom. The molecule has 0 fully saturated rings. The maximum absolute atomic E-state index is 10.3. The highest BCUT2D eigenvalue weighted by molar-refractivity contribution is 7.80. The van der Waals surface area contributed by atoms with Gasteiger partial charge in [0, 0.05) is 6.07 Å². The van der Waals surface area contributed by atoms with Crippen molar-refractivity contribution in [1.29, 1.82) is 0 Å². The second-order valence-electron chi connectivity index (χ2n) is 2.80. The van der Waals surface area contributed by atoms with Gasteiger partial charge in [-0.15, -0.1) is 0 Å². The van der Waals surface area contributed by atoms with Crippen molar-refractivity contribution in [2.75, 3.05) is 7.11 Å². The summed E-state index contributed by atoms with van der Waals surface area (Å²) >= 11 is 0. The van der Waals surface area contributed by atoms with Gasteiger partial charge in [-0.25, -0.2) is 4.18 Å². The number of aliphatic hydroxyl groups is 1. The largest absolute Gasteiger partial charge is 0.507 e. The minimum absolute atomic E-state index is 0.210. The van der Waals surface area contributed by atoms with Crippen LogP contribution in [0.2, 0.25) is 0 Å². The van der Waals surface area contributed by atoms with E-state index >= 15 is 0 Å². The van der Waals surface area contributed by atoms with E-state index in [4.69, 9.17) is 9.29 Å². The number of phenolic OH excluding ortho intramolecular Hbond substituents is 1. The number of hydrogen-bond donors (Lipinski definition) is 3. The SMILES string of the molecule is COc1ccc(C(O)OS(=O)(=O)O)c(O)c1. The topological polar surface area (TPSA) is 113 Å². The Kier molecular flexibility index (Phi) is 3.70. The van der Waals surface area contributed by atoms with Gasteiger partial charge in [0.2, 0.25) is 6.29 Å². The summed E-state index contributed by atoms with van der Waals surface area (Å²) in [6.07, 6.45) is -1.99. The molecule has 0 saturated carbocycles. The van der Waals surface area contributed by atoms with Crippen LogP contribution in [0.3, 0.4) is 0 Å². The van der Waals surface area contributed by atoms with Crippen LogP contribution < -0.4 is 4.74 Å². The Morgan fingerprint density at radius 3 is 2.44 bits per heavy atom. The van der Waals surface area contributed by atoms with Gasteiger partial charge in [0.15, 0.2) is 0 Å². The lowest BCUT2D eigenvalue weighted by molar-refractivity contribution is -0.0232. The number of phenols is 1. The molecule has 16 heavy (non-hydrogen) atoms. The predicted molar refractivity (Wildman–Crippen MR) is 52.3 cm³/mol. The normalized spacial score (nSPS) is 13.4. The number of benzene rings is 1. The molecule has 8 heteroatoms. The highest BCUT2D eigenvalue weighted by Gasteiger charge is 2.19. The first-order valence-electron chi connectivity index (χ1n) is 4.04. The third-order valence-corrected chi connectivity index (χ3v) is 2.14. The fraction of sp³-hybridized carbons (Fsp3) is 0.250. The molecule has 0 saturated heterocycles. The first-order chi connectivity index (χ1) is 7.33. The summed E-state index contributed by atoms with van der Waals surface area (Å²) in [6, 6.07) is 3.74. The van der Waals surface area contributed by atoms with Crippen molar-refractivity contribution in [3.63, 3.8) is 0 Å². The number of aromatic hydroxyl groups is 1. The van der Waals surface area contributed by atoms with Crippen molar-refractivity contribution < 1.29 is 32.1 Å². The molecule has 0 heterocycles. The van der Waals surface area contributed by atoms with Gasteiger partial charge in [0.05, 0.1) is 12.7 Å². The van der Waals surface area contributed by atoms with E-state index in [0.717, 1.165) is 6.07 Å². The van der Waals surface area contributed by atoms with Crippen LogP contribution in [-0.2, 0) is 14.6 Å². The third-order valence-electron chi connectivity index (χ3n) is 1.72. The lowest BCUT2D eigenvalue weighted by atomic mass is 10.2. The molecule has 1 atom stereocenters. The maximum atomic E-state index is 10.3. The van der Waals surface area contributed by atoms with Crippen LogP contribution in [0, 0.1) is 0 Å². The lowest BCUT2D eigenvalue weighted by Gasteiger charge is -2.11. The number of aliphatic hydroxyl groups excluding tert-OH is 1. The lowest BCUT2D eigenvalue weighted by Crippen LogP contribution is -2.10. The van der Waals surface area contributed by atoms with Gasteiger partial charge < -0.3 is 14.9 Å². The van der Waals surface area contributed by atoms with Crippen molar-refractivity contribution in [2.45, 2.75) is 6.29 Å². The van der Waals surface area contributed by atoms with E-state index in [1.165, 1.54) is 19.2 Å². The summed E-state index contributed by atoms with van der Waals surface area (Å²) in [6.45, 7) is 0. The van der Waals surface area contributed by atoms with Gasteiger partial charge in [-0.1, -0.05) is 0 Å². The van der Waals surface area contributed by atoms with Crippen LogP contribution in [0.15, 0.2) is 18.2 Å². The minimum atomic E-state index is -4.80. The summed E-state index contributed by atoms with van der Waals surface area (Å²) in [5.41, 5.74) is -0.210. The number of rotatable bonds is 4. The highest BCUT2D eigenvalue weighted by atomic mass is 32.3. The van der Waals surface area contributed by atoms with Crippen LogP contribution >= 0.6 is 0 Å². The summed E-state index contributed by atoms with van der Waals surface area (Å²) < 4.78 is 37.6. The zero-order chi connectivity index (χ0) is 12.3. The smallest absolute Gasteiger partial charge is 0.400 e. The number of hydrogen-bond acceptors (Lipinski definition) is 6. The highest BCUT2D eigenvalue weighted by Crippen LogP contribution is 2.29. The molecule has 90 valence electrons. The van der Waals surface area contributed by atoms with Gasteiger partial charge in [0.1, 0.15) is 11.5 Å². The molecule has 1 aromatic rings. The van der Waals surface area contributed by atoms with Crippen molar-refractivity contribution in [3.05, 3.63) is 23.8 Å². The van der Waals surface area contributed by atoms with Gasteiger partial charge in [0.25, 0.3) is 0 Å². The van der Waals surface area contributed by atoms with E-state index in [2.05, 4.69) is 4.18 Å². The van der Waals surface area contributed by atoms with Crippen LogP contribution in [0.5, 0.6) is 11.5 Å². The van der Waals surface area contributed by atoms with E-state index in [9.17, 15) is 18.6 Å². The average Bonchev–Trinajstić information content (AvgIpc) is 2.14. The molecule has 0 spiro atoms. The van der Waals surface area contributed by atoms with Gasteiger partial charge >= 0.3 is 10.4 Å². The molecule has 7 nitrogen and oxygen atoms in total. The second-order valence-corrected chi connectivity index (χ2v) is 3.85. The molecule has 0 aliphatic heterocycles. The Balaban J connectivity index is 2.96. The van der Waals surface area contributed by atoms with E-state index in [-0.39, 0.29) is 5.56 Å². The van der Waals surface area contributed by atoms with Crippen LogP contribution in [0.25, 0.3) is 0 Å². The van der Waals surface area contributed by atoms with E-state index < -0.39 is 22.4 Å². The molecule has 0 aliphatic carbocycles. The van der Waals surface area contributed by atoms with Crippen molar-refractivity contribution >= 4 is 10.4 Å². The van der Waals surface area contributed by atoms with Crippen LogP contribution in [-0.4, -0.2) is 30.3 Å². The summed E-state index contributed by atoms with van der Waals surface area (Å²) in [7, 11) is -3.42. The first-order valence-corrected chi connectivity index (χ1v) is 5.40. The zero-order valence-electron chi connectivity index (χ0n) is 8.19. The monoisotopic (exact) mass is 250 g/mol. The predicted octanol–water partition coefficient (Wildman–Crippen LogP) is 0.211. The van der Waals surface area contributed by atoms with Crippen LogP contribution in [0.4, 0.5) is 0 Å². The fourth-order valence-electron chi connectivity index (χ4n) is 1.03. The molecule has 1 rings (SSSR count). The number of methoxy groups -OCH3 is 1. The first kappa shape index (κ1) is 12.7. The van der Waals surface area contributed by atoms with E-state index in [1.54, 1.807) is 0 Å². The van der Waals surface area contributed by atoms with Crippen molar-refractivity contribution in [2.24, 2.45) is 0 Å². The zero-order valence-corrected chi connectivity index (χ0v) is 9.01. The molecule has 0 aromatic heterocycles.